The van der Waals surface area contributed by atoms with E-state index in [1.807, 2.05) is 4.68 Å². The lowest BCUT2D eigenvalue weighted by molar-refractivity contribution is 0.0697. The molecule has 3 rings (SSSR count). The van der Waals surface area contributed by atoms with E-state index in [0.717, 1.165) is 37.9 Å². The predicted molar refractivity (Wildman–Crippen MR) is 68.1 cm³/mol. The van der Waals surface area contributed by atoms with E-state index < -0.39 is 5.97 Å². The first kappa shape index (κ1) is 12.1. The van der Waals surface area contributed by atoms with Gasteiger partial charge in [0.05, 0.1) is 17.2 Å². The summed E-state index contributed by atoms with van der Waals surface area (Å²) in [7, 11) is 0. The molecular formula is C13H15N3O3. The summed E-state index contributed by atoms with van der Waals surface area (Å²) in [6, 6.07) is 4.89. The molecule has 6 nitrogen and oxygen atoms in total. The van der Waals surface area contributed by atoms with Crippen molar-refractivity contribution in [2.45, 2.75) is 31.9 Å². The van der Waals surface area contributed by atoms with Crippen LogP contribution in [0.25, 0.3) is 11.0 Å². The number of rotatable bonds is 4. The summed E-state index contributed by atoms with van der Waals surface area (Å²) >= 11 is 0. The molecule has 0 aliphatic carbocycles. The molecule has 1 atom stereocenters. The van der Waals surface area contributed by atoms with Crippen LogP contribution in [-0.4, -0.2) is 38.8 Å². The van der Waals surface area contributed by atoms with Crippen molar-refractivity contribution in [2.75, 3.05) is 6.61 Å². The smallest absolute Gasteiger partial charge is 0.335 e. The first-order chi connectivity index (χ1) is 9.24. The van der Waals surface area contributed by atoms with Crippen LogP contribution in [0.15, 0.2) is 18.2 Å². The number of carboxylic acids is 1. The van der Waals surface area contributed by atoms with Crippen molar-refractivity contribution in [1.29, 1.82) is 0 Å². The Hall–Kier alpha value is -1.95. The number of carbonyl (C=O) groups is 1. The van der Waals surface area contributed by atoms with E-state index in [1.165, 1.54) is 0 Å². The molecule has 0 saturated carbocycles. The first-order valence-corrected chi connectivity index (χ1v) is 6.42. The lowest BCUT2D eigenvalue weighted by Gasteiger charge is -2.08. The van der Waals surface area contributed by atoms with Gasteiger partial charge in [0, 0.05) is 13.2 Å². The summed E-state index contributed by atoms with van der Waals surface area (Å²) in [6.45, 7) is 1.60. The minimum atomic E-state index is -0.948. The van der Waals surface area contributed by atoms with Crippen molar-refractivity contribution in [2.24, 2.45) is 0 Å². The monoisotopic (exact) mass is 261 g/mol. The molecule has 0 radical (unpaired) electrons. The zero-order chi connectivity index (χ0) is 13.2. The van der Waals surface area contributed by atoms with Crippen LogP contribution in [0.1, 0.15) is 29.6 Å². The molecule has 100 valence electrons. The van der Waals surface area contributed by atoms with Gasteiger partial charge in [-0.1, -0.05) is 5.21 Å². The molecule has 1 N–H and O–H groups in total. The molecule has 1 aromatic carbocycles. The van der Waals surface area contributed by atoms with Crippen LogP contribution in [0.2, 0.25) is 0 Å². The summed E-state index contributed by atoms with van der Waals surface area (Å²) in [4.78, 5) is 10.9. The summed E-state index contributed by atoms with van der Waals surface area (Å²) in [5, 5.41) is 17.0. The fourth-order valence-corrected chi connectivity index (χ4v) is 2.41. The molecule has 1 saturated heterocycles. The van der Waals surface area contributed by atoms with Crippen LogP contribution in [0.5, 0.6) is 0 Å². The van der Waals surface area contributed by atoms with Gasteiger partial charge in [0.2, 0.25) is 0 Å². The second-order valence-electron chi connectivity index (χ2n) is 4.74. The number of carboxylic acid groups (broad SMARTS) is 1. The number of hydrogen-bond acceptors (Lipinski definition) is 4. The molecule has 2 heterocycles. The Labute approximate surface area is 110 Å². The second-order valence-corrected chi connectivity index (χ2v) is 4.74. The first-order valence-electron chi connectivity index (χ1n) is 6.42. The van der Waals surface area contributed by atoms with Crippen LogP contribution in [0.3, 0.4) is 0 Å². The topological polar surface area (TPSA) is 77.2 Å². The molecule has 1 aliphatic heterocycles. The average molecular weight is 261 g/mol. The van der Waals surface area contributed by atoms with Gasteiger partial charge in [-0.2, -0.15) is 0 Å². The maximum atomic E-state index is 10.9. The van der Waals surface area contributed by atoms with E-state index in [-0.39, 0.29) is 5.56 Å². The van der Waals surface area contributed by atoms with Gasteiger partial charge in [0.15, 0.2) is 0 Å². The fourth-order valence-electron chi connectivity index (χ4n) is 2.41. The molecule has 0 amide bonds. The Bertz CT molecular complexity index is 602. The SMILES string of the molecule is O=C(O)c1ccc2c(c1)nnn2CCC1CCCO1. The fraction of sp³-hybridized carbons (Fsp3) is 0.462. The van der Waals surface area contributed by atoms with Crippen LogP contribution >= 0.6 is 0 Å². The van der Waals surface area contributed by atoms with Crippen molar-refractivity contribution < 1.29 is 14.6 Å². The van der Waals surface area contributed by atoms with Crippen molar-refractivity contribution in [3.05, 3.63) is 23.8 Å². The highest BCUT2D eigenvalue weighted by atomic mass is 16.5. The van der Waals surface area contributed by atoms with Crippen molar-refractivity contribution in [1.82, 2.24) is 15.0 Å². The van der Waals surface area contributed by atoms with E-state index in [9.17, 15) is 4.79 Å². The molecule has 1 fully saturated rings. The van der Waals surface area contributed by atoms with Crippen molar-refractivity contribution >= 4 is 17.0 Å². The van der Waals surface area contributed by atoms with Gasteiger partial charge in [0.1, 0.15) is 5.52 Å². The van der Waals surface area contributed by atoms with Gasteiger partial charge in [-0.3, -0.25) is 0 Å². The quantitative estimate of drug-likeness (QED) is 0.906. The molecule has 2 aromatic rings. The van der Waals surface area contributed by atoms with Crippen LogP contribution < -0.4 is 0 Å². The molecule has 0 spiro atoms. The highest BCUT2D eigenvalue weighted by Crippen LogP contribution is 2.18. The molecule has 1 unspecified atom stereocenters. The van der Waals surface area contributed by atoms with E-state index in [0.29, 0.717) is 11.6 Å². The maximum Gasteiger partial charge on any atom is 0.335 e. The number of hydrogen-bond donors (Lipinski definition) is 1. The van der Waals surface area contributed by atoms with Gasteiger partial charge >= 0.3 is 5.97 Å². The lowest BCUT2D eigenvalue weighted by atomic mass is 10.2. The highest BCUT2D eigenvalue weighted by molar-refractivity contribution is 5.92. The molecule has 1 aromatic heterocycles. The van der Waals surface area contributed by atoms with Crippen LogP contribution in [0, 0.1) is 0 Å². The standard InChI is InChI=1S/C13H15N3O3/c17-13(18)9-3-4-12-11(8-9)14-15-16(12)6-5-10-2-1-7-19-10/h3-4,8,10H,1-2,5-7H2,(H,17,18). The normalized spacial score (nSPS) is 19.1. The van der Waals surface area contributed by atoms with Crippen LogP contribution in [0.4, 0.5) is 0 Å². The third-order valence-corrected chi connectivity index (χ3v) is 3.45. The maximum absolute atomic E-state index is 10.9. The second kappa shape index (κ2) is 4.97. The van der Waals surface area contributed by atoms with E-state index in [4.69, 9.17) is 9.84 Å². The van der Waals surface area contributed by atoms with Gasteiger partial charge in [-0.15, -0.1) is 5.10 Å². The Balaban J connectivity index is 1.78. The largest absolute Gasteiger partial charge is 0.478 e. The number of fused-ring (bicyclic) bond motifs is 1. The number of nitrogens with zero attached hydrogens (tertiary/aromatic N) is 3. The molecular weight excluding hydrogens is 246 g/mol. The van der Waals surface area contributed by atoms with E-state index in [1.54, 1.807) is 18.2 Å². The summed E-state index contributed by atoms with van der Waals surface area (Å²) < 4.78 is 7.38. The molecule has 1 aliphatic rings. The third kappa shape index (κ3) is 2.44. The third-order valence-electron chi connectivity index (χ3n) is 3.45. The predicted octanol–water partition coefficient (Wildman–Crippen LogP) is 1.70. The number of aromatic nitrogens is 3. The van der Waals surface area contributed by atoms with E-state index in [2.05, 4.69) is 10.3 Å². The minimum Gasteiger partial charge on any atom is -0.478 e. The van der Waals surface area contributed by atoms with Gasteiger partial charge in [-0.25, -0.2) is 9.48 Å². The molecule has 0 bridgehead atoms. The van der Waals surface area contributed by atoms with Crippen molar-refractivity contribution in [3.63, 3.8) is 0 Å². The van der Waals surface area contributed by atoms with Crippen molar-refractivity contribution in [3.8, 4) is 0 Å². The lowest BCUT2D eigenvalue weighted by Crippen LogP contribution is -2.11. The summed E-state index contributed by atoms with van der Waals surface area (Å²) in [6.07, 6.45) is 3.47. The Morgan fingerprint density at radius 1 is 1.53 bits per heavy atom. The van der Waals surface area contributed by atoms with Gasteiger partial charge in [-0.05, 0) is 37.5 Å². The number of aryl methyl sites for hydroxylation is 1. The zero-order valence-electron chi connectivity index (χ0n) is 10.5. The number of aromatic carboxylic acids is 1. The van der Waals surface area contributed by atoms with E-state index >= 15 is 0 Å². The number of ether oxygens (including phenoxy) is 1. The van der Waals surface area contributed by atoms with Gasteiger partial charge in [0.25, 0.3) is 0 Å². The Morgan fingerprint density at radius 3 is 3.16 bits per heavy atom. The Kier molecular flexibility index (Phi) is 3.16. The molecule has 19 heavy (non-hydrogen) atoms. The summed E-state index contributed by atoms with van der Waals surface area (Å²) in [5.41, 5.74) is 1.72. The van der Waals surface area contributed by atoms with Gasteiger partial charge < -0.3 is 9.84 Å². The molecule has 6 heteroatoms. The zero-order valence-corrected chi connectivity index (χ0v) is 10.5. The summed E-state index contributed by atoms with van der Waals surface area (Å²) in [5.74, 6) is -0.948. The minimum absolute atomic E-state index is 0.235. The highest BCUT2D eigenvalue weighted by Gasteiger charge is 2.16. The average Bonchev–Trinajstić information content (AvgIpc) is 3.05. The van der Waals surface area contributed by atoms with Crippen LogP contribution in [-0.2, 0) is 11.3 Å². The Morgan fingerprint density at radius 2 is 2.42 bits per heavy atom. The number of benzene rings is 1.